The fourth-order valence-electron chi connectivity index (χ4n) is 5.87. The van der Waals surface area contributed by atoms with Crippen molar-refractivity contribution >= 4 is 54.2 Å². The highest BCUT2D eigenvalue weighted by molar-refractivity contribution is 7.95. The first kappa shape index (κ1) is 37.6. The summed E-state index contributed by atoms with van der Waals surface area (Å²) in [6.45, 7) is 4.82. The number of para-hydroxylation sites is 1. The van der Waals surface area contributed by atoms with Gasteiger partial charge in [0.25, 0.3) is 0 Å². The minimum atomic E-state index is -4.39. The summed E-state index contributed by atoms with van der Waals surface area (Å²) in [6, 6.07) is 73.2. The molecule has 0 bridgehead atoms. The van der Waals surface area contributed by atoms with Gasteiger partial charge >= 0.3 is 7.82 Å². The Hall–Kier alpha value is -4.65. The summed E-state index contributed by atoms with van der Waals surface area (Å²) >= 11 is 0. The fraction of sp³-hybridized carbons (Fsp3) is 0.0455. The average Bonchev–Trinajstić information content (AvgIpc) is 3.19. The van der Waals surface area contributed by atoms with Crippen LogP contribution >= 0.6 is 22.3 Å². The molecule has 0 radical (unpaired) electrons. The van der Waals surface area contributed by atoms with Gasteiger partial charge in [-0.2, -0.15) is 0 Å². The van der Waals surface area contributed by atoms with Crippen LogP contribution < -0.4 is 36.4 Å². The van der Waals surface area contributed by atoms with Gasteiger partial charge in [-0.05, 0) is 84.9 Å². The smallest absolute Gasteiger partial charge is 0.404 e. The van der Waals surface area contributed by atoms with Gasteiger partial charge in [0.2, 0.25) is 0 Å². The maximum atomic E-state index is 10.3. The predicted molar refractivity (Wildman–Crippen MR) is 221 cm³/mol. The highest BCUT2D eigenvalue weighted by atomic mass is 31.2. The normalized spacial score (nSPS) is 11.2. The summed E-state index contributed by atoms with van der Waals surface area (Å²) in [7, 11) is -7.44. The highest BCUT2D eigenvalue weighted by Crippen LogP contribution is 2.52. The van der Waals surface area contributed by atoms with Crippen molar-refractivity contribution in [2.24, 2.45) is 0 Å². The minimum absolute atomic E-state index is 0.167. The average molecular weight is 729 g/mol. The summed E-state index contributed by atoms with van der Waals surface area (Å²) in [4.78, 5) is 16.7. The molecule has 0 saturated carbocycles. The van der Waals surface area contributed by atoms with E-state index in [2.05, 4.69) is 200 Å². The molecule has 0 amide bonds. The van der Waals surface area contributed by atoms with E-state index in [4.69, 9.17) is 9.79 Å². The van der Waals surface area contributed by atoms with E-state index in [1.54, 1.807) is 18.2 Å². The molecule has 256 valence electrons. The molecule has 0 saturated heterocycles. The summed E-state index contributed by atoms with van der Waals surface area (Å²) in [5.74, 6) is 0.167. The molecule has 0 heterocycles. The quantitative estimate of drug-likeness (QED) is 0.155. The fourth-order valence-corrected chi connectivity index (χ4v) is 12.7. The molecule has 0 atom stereocenters. The molecule has 7 aromatic carbocycles. The Morgan fingerprint density at radius 2 is 0.529 bits per heavy atom. The van der Waals surface area contributed by atoms with E-state index in [9.17, 15) is 4.57 Å². The number of phosphoric ester groups is 1. The van der Waals surface area contributed by atoms with Gasteiger partial charge < -0.3 is 4.52 Å². The van der Waals surface area contributed by atoms with Crippen LogP contribution in [0.4, 0.5) is 0 Å². The zero-order chi connectivity index (χ0) is 36.0. The zero-order valence-corrected chi connectivity index (χ0v) is 31.4. The molecule has 2 N–H and O–H groups in total. The Kier molecular flexibility index (Phi) is 13.3. The van der Waals surface area contributed by atoms with Crippen LogP contribution in [-0.4, -0.2) is 23.1 Å². The monoisotopic (exact) mass is 728 g/mol. The van der Waals surface area contributed by atoms with Crippen molar-refractivity contribution in [2.75, 3.05) is 13.3 Å². The summed E-state index contributed by atoms with van der Waals surface area (Å²) in [5.41, 5.74) is 0. The molecule has 0 spiro atoms. The summed E-state index contributed by atoms with van der Waals surface area (Å²) in [6.07, 6.45) is 0. The van der Waals surface area contributed by atoms with Crippen molar-refractivity contribution < 1.29 is 18.9 Å². The Morgan fingerprint density at radius 1 is 0.353 bits per heavy atom. The SMILES string of the molecule is C[P+](c1ccccc1)(c1ccccc1)c1ccccc1.C[P+](c1ccccc1)(c1ccccc1)c1ccccc1.O=P(O)(O)Oc1ccccc1. The molecular formula is C44H43O4P3+2. The molecular weight excluding hydrogens is 685 g/mol. The molecule has 0 aliphatic carbocycles. The Bertz CT molecular complexity index is 1740. The number of rotatable bonds is 8. The molecule has 7 heteroatoms. The van der Waals surface area contributed by atoms with Gasteiger partial charge in [0.15, 0.2) is 0 Å². The van der Waals surface area contributed by atoms with Crippen LogP contribution in [0.15, 0.2) is 212 Å². The van der Waals surface area contributed by atoms with Crippen LogP contribution in [0.3, 0.4) is 0 Å². The van der Waals surface area contributed by atoms with Crippen LogP contribution in [0.25, 0.3) is 0 Å². The predicted octanol–water partition coefficient (Wildman–Crippen LogP) is 8.38. The standard InChI is InChI=1S/2C19H18P.C6H7O4P/c2*1-20(17-11-5-2-6-12-17,18-13-7-3-8-14-18)19-15-9-4-10-16-19;7-11(8,9)10-6-4-2-1-3-5-6/h2*2-16H,1H3;1-5H,(H2,7,8,9)/q2*+1;. The van der Waals surface area contributed by atoms with E-state index in [0.29, 0.717) is 0 Å². The lowest BCUT2D eigenvalue weighted by molar-refractivity contribution is 0.283. The lowest BCUT2D eigenvalue weighted by atomic mass is 10.3. The number of phosphoric acid groups is 1. The Morgan fingerprint density at radius 3 is 0.706 bits per heavy atom. The van der Waals surface area contributed by atoms with Crippen molar-refractivity contribution in [1.82, 2.24) is 0 Å². The minimum Gasteiger partial charge on any atom is -0.404 e. The second kappa shape index (κ2) is 18.0. The topological polar surface area (TPSA) is 66.8 Å². The van der Waals surface area contributed by atoms with Gasteiger partial charge in [0.05, 0.1) is 13.3 Å². The molecule has 0 unspecified atom stereocenters. The zero-order valence-electron chi connectivity index (χ0n) is 28.8. The van der Waals surface area contributed by atoms with Gasteiger partial charge in [-0.1, -0.05) is 127 Å². The van der Waals surface area contributed by atoms with E-state index >= 15 is 0 Å². The van der Waals surface area contributed by atoms with Crippen molar-refractivity contribution in [3.8, 4) is 5.75 Å². The summed E-state index contributed by atoms with van der Waals surface area (Å²) in [5, 5.41) is 8.57. The molecule has 0 aliphatic rings. The second-order valence-corrected chi connectivity index (χ2v) is 20.2. The molecule has 0 aromatic heterocycles. The van der Waals surface area contributed by atoms with Gasteiger partial charge in [-0.25, -0.2) is 4.57 Å². The van der Waals surface area contributed by atoms with E-state index in [1.165, 1.54) is 44.0 Å². The third-order valence-electron chi connectivity index (χ3n) is 8.60. The molecule has 7 rings (SSSR count). The van der Waals surface area contributed by atoms with Crippen molar-refractivity contribution in [1.29, 1.82) is 0 Å². The van der Waals surface area contributed by atoms with Crippen molar-refractivity contribution in [3.63, 3.8) is 0 Å². The molecule has 4 nitrogen and oxygen atoms in total. The first-order valence-corrected chi connectivity index (χ1v) is 22.6. The maximum absolute atomic E-state index is 10.3. The van der Waals surface area contributed by atoms with Gasteiger partial charge in [-0.3, -0.25) is 9.79 Å². The number of benzene rings is 7. The van der Waals surface area contributed by atoms with Gasteiger partial charge in [0, 0.05) is 0 Å². The largest absolute Gasteiger partial charge is 0.524 e. The highest BCUT2D eigenvalue weighted by Gasteiger charge is 2.40. The molecule has 51 heavy (non-hydrogen) atoms. The lowest BCUT2D eigenvalue weighted by Crippen LogP contribution is -2.30. The molecule has 0 aliphatic heterocycles. The number of hydrogen-bond acceptors (Lipinski definition) is 2. The first-order chi connectivity index (χ1) is 24.7. The Labute approximate surface area is 303 Å². The van der Waals surface area contributed by atoms with E-state index in [0.717, 1.165) is 0 Å². The van der Waals surface area contributed by atoms with Crippen molar-refractivity contribution in [3.05, 3.63) is 212 Å². The maximum Gasteiger partial charge on any atom is 0.524 e. The Balaban J connectivity index is 0.000000155. The third-order valence-corrected chi connectivity index (χ3v) is 17.0. The van der Waals surface area contributed by atoms with E-state index in [1.807, 2.05) is 0 Å². The van der Waals surface area contributed by atoms with Crippen LogP contribution in [0.1, 0.15) is 0 Å². The summed E-state index contributed by atoms with van der Waals surface area (Å²) < 4.78 is 14.5. The molecule has 0 fully saturated rings. The number of hydrogen-bond donors (Lipinski definition) is 2. The van der Waals surface area contributed by atoms with Crippen LogP contribution in [0, 0.1) is 0 Å². The first-order valence-electron chi connectivity index (χ1n) is 16.6. The molecule has 7 aromatic rings. The van der Waals surface area contributed by atoms with Crippen LogP contribution in [0.5, 0.6) is 5.75 Å². The second-order valence-electron chi connectivity index (χ2n) is 11.9. The van der Waals surface area contributed by atoms with E-state index in [-0.39, 0.29) is 5.75 Å². The van der Waals surface area contributed by atoms with Gasteiger partial charge in [-0.15, -0.1) is 0 Å². The van der Waals surface area contributed by atoms with Crippen LogP contribution in [0.2, 0.25) is 0 Å². The third kappa shape index (κ3) is 9.99. The van der Waals surface area contributed by atoms with Gasteiger partial charge in [0.1, 0.15) is 52.1 Å². The van der Waals surface area contributed by atoms with Crippen LogP contribution in [-0.2, 0) is 4.57 Å². The van der Waals surface area contributed by atoms with E-state index < -0.39 is 22.3 Å². The van der Waals surface area contributed by atoms with Crippen molar-refractivity contribution in [2.45, 2.75) is 0 Å². The lowest BCUT2D eigenvalue weighted by Gasteiger charge is -2.22.